The Labute approximate surface area is 370 Å². The molecule has 2 aromatic heterocycles. The van der Waals surface area contributed by atoms with Crippen LogP contribution < -0.4 is 9.80 Å². The van der Waals surface area contributed by atoms with Crippen LogP contribution in [0.3, 0.4) is 0 Å². The van der Waals surface area contributed by atoms with Crippen LogP contribution in [0.4, 0.5) is 28.4 Å². The summed E-state index contributed by atoms with van der Waals surface area (Å²) in [5.74, 6) is 0.362. The number of allylic oxidation sites excluding steroid dienone is 2. The molecule has 2 aliphatic rings. The van der Waals surface area contributed by atoms with Crippen molar-refractivity contribution in [3.63, 3.8) is 0 Å². The zero-order valence-electron chi connectivity index (χ0n) is 34.8. The predicted molar refractivity (Wildman–Crippen MR) is 265 cm³/mol. The highest BCUT2D eigenvalue weighted by Crippen LogP contribution is 2.48. The lowest BCUT2D eigenvalue weighted by Crippen LogP contribution is -2.28. The quantitative estimate of drug-likeness (QED) is 0.160. The number of fused-ring (bicyclic) bond motifs is 9. The van der Waals surface area contributed by atoms with Crippen LogP contribution in [0, 0.1) is 0 Å². The van der Waals surface area contributed by atoms with Crippen molar-refractivity contribution in [2.45, 2.75) is 12.0 Å². The van der Waals surface area contributed by atoms with E-state index in [1.807, 2.05) is 24.3 Å². The van der Waals surface area contributed by atoms with Gasteiger partial charge in [0.15, 0.2) is 0 Å². The van der Waals surface area contributed by atoms with Crippen LogP contribution in [0.15, 0.2) is 239 Å². The fraction of sp³-hybridized carbons (Fsp3) is 0.0333. The first kappa shape index (κ1) is 36.3. The molecular formula is C60H40N2O2. The van der Waals surface area contributed by atoms with Crippen LogP contribution in [-0.4, -0.2) is 6.04 Å². The molecular weight excluding hydrogens is 781 g/mol. The van der Waals surface area contributed by atoms with Gasteiger partial charge in [-0.25, -0.2) is 0 Å². The van der Waals surface area contributed by atoms with Crippen molar-refractivity contribution in [1.29, 1.82) is 0 Å². The van der Waals surface area contributed by atoms with E-state index in [-0.39, 0.29) is 6.04 Å². The molecule has 9 aromatic carbocycles. The van der Waals surface area contributed by atoms with Crippen molar-refractivity contribution in [3.8, 4) is 33.4 Å². The minimum atomic E-state index is 0.277. The summed E-state index contributed by atoms with van der Waals surface area (Å²) in [4.78, 5) is 4.81. The van der Waals surface area contributed by atoms with Gasteiger partial charge >= 0.3 is 0 Å². The standard InChI is InChI=1S/C60H40N2O2/c1-5-19-55-49(11-1)50-12-2-6-20-56(50)62(55)46-33-25-40(26-34-46)39-23-31-43(32-24-39)61(44-35-27-41(28-36-44)47-15-9-17-53-51-13-3-7-21-57(51)63-59(47)53)45-37-29-42(30-38-45)48-16-10-18-54-52-14-4-8-22-58(52)64-60(48)54/h1-38,49,55H. The summed E-state index contributed by atoms with van der Waals surface area (Å²) < 4.78 is 12.9. The molecule has 64 heavy (non-hydrogen) atoms. The molecule has 0 bridgehead atoms. The zero-order chi connectivity index (χ0) is 42.1. The maximum Gasteiger partial charge on any atom is 0.143 e. The fourth-order valence-electron chi connectivity index (χ4n) is 10.2. The normalized spacial score (nSPS) is 15.3. The van der Waals surface area contributed by atoms with Crippen LogP contribution in [0.5, 0.6) is 0 Å². The van der Waals surface area contributed by atoms with Crippen molar-refractivity contribution < 1.29 is 8.83 Å². The van der Waals surface area contributed by atoms with Gasteiger partial charge in [-0.15, -0.1) is 0 Å². The van der Waals surface area contributed by atoms with E-state index in [0.717, 1.165) is 83.2 Å². The van der Waals surface area contributed by atoms with E-state index >= 15 is 0 Å². The smallest absolute Gasteiger partial charge is 0.143 e. The molecule has 1 aliphatic heterocycles. The molecule has 0 saturated heterocycles. The number of benzene rings is 9. The number of rotatable bonds is 7. The second-order valence-electron chi connectivity index (χ2n) is 16.8. The Morgan fingerprint density at radius 1 is 0.375 bits per heavy atom. The Hall–Kier alpha value is -8.34. The molecule has 1 aliphatic carbocycles. The maximum atomic E-state index is 6.44. The highest BCUT2D eigenvalue weighted by Gasteiger charge is 2.37. The third-order valence-electron chi connectivity index (χ3n) is 13.2. The Bertz CT molecular complexity index is 3450. The average Bonchev–Trinajstić information content (AvgIpc) is 4.05. The monoisotopic (exact) mass is 820 g/mol. The van der Waals surface area contributed by atoms with Gasteiger partial charge in [0.2, 0.25) is 0 Å². The lowest BCUT2D eigenvalue weighted by atomic mass is 9.91. The third kappa shape index (κ3) is 5.84. The molecule has 0 fully saturated rings. The van der Waals surface area contributed by atoms with E-state index in [2.05, 4.69) is 216 Å². The summed E-state index contributed by atoms with van der Waals surface area (Å²) in [6.07, 6.45) is 9.00. The molecule has 0 amide bonds. The first-order chi connectivity index (χ1) is 31.7. The molecule has 0 spiro atoms. The van der Waals surface area contributed by atoms with E-state index in [1.54, 1.807) is 0 Å². The Balaban J connectivity index is 0.857. The van der Waals surface area contributed by atoms with Crippen LogP contribution in [0.25, 0.3) is 77.3 Å². The van der Waals surface area contributed by atoms with E-state index in [9.17, 15) is 0 Å². The highest BCUT2D eigenvalue weighted by molar-refractivity contribution is 6.10. The van der Waals surface area contributed by atoms with Gasteiger partial charge in [0.25, 0.3) is 0 Å². The number of furan rings is 2. The van der Waals surface area contributed by atoms with E-state index in [4.69, 9.17) is 8.83 Å². The van der Waals surface area contributed by atoms with Gasteiger partial charge in [0.05, 0.1) is 6.04 Å². The van der Waals surface area contributed by atoms with E-state index in [1.165, 1.54) is 28.1 Å². The molecule has 2 atom stereocenters. The lowest BCUT2D eigenvalue weighted by molar-refractivity contribution is 0.669. The number of para-hydroxylation sites is 5. The van der Waals surface area contributed by atoms with Gasteiger partial charge in [-0.2, -0.15) is 0 Å². The molecule has 2 unspecified atom stereocenters. The average molecular weight is 821 g/mol. The van der Waals surface area contributed by atoms with Crippen LogP contribution >= 0.6 is 0 Å². The van der Waals surface area contributed by atoms with Gasteiger partial charge < -0.3 is 18.6 Å². The molecule has 11 aromatic rings. The molecule has 0 N–H and O–H groups in total. The molecule has 0 radical (unpaired) electrons. The van der Waals surface area contributed by atoms with E-state index < -0.39 is 0 Å². The molecule has 13 rings (SSSR count). The molecule has 3 heterocycles. The van der Waals surface area contributed by atoms with E-state index in [0.29, 0.717) is 5.92 Å². The molecule has 4 nitrogen and oxygen atoms in total. The summed E-state index contributed by atoms with van der Waals surface area (Å²) in [6.45, 7) is 0. The second-order valence-corrected chi connectivity index (χ2v) is 16.8. The predicted octanol–water partition coefficient (Wildman–Crippen LogP) is 16.7. The van der Waals surface area contributed by atoms with Gasteiger partial charge in [0.1, 0.15) is 22.3 Å². The number of nitrogens with zero attached hydrogens (tertiary/aromatic N) is 2. The van der Waals surface area contributed by atoms with Gasteiger partial charge in [-0.05, 0) is 94.5 Å². The SMILES string of the molecule is C1=CC2c3ccccc3N(c3ccc(-c4ccc(N(c5ccc(-c6cccc7c6oc6ccccc67)cc5)c5ccc(-c6cccc7c6oc6ccccc67)cc5)cc4)cc3)C2C=C1. The molecule has 302 valence electrons. The fourth-order valence-corrected chi connectivity index (χ4v) is 10.2. The number of hydrogen-bond acceptors (Lipinski definition) is 4. The molecule has 0 saturated carbocycles. The van der Waals surface area contributed by atoms with Gasteiger partial charge in [-0.1, -0.05) is 164 Å². The largest absolute Gasteiger partial charge is 0.455 e. The highest BCUT2D eigenvalue weighted by atomic mass is 16.3. The summed E-state index contributed by atoms with van der Waals surface area (Å²) in [5, 5.41) is 4.51. The Morgan fingerprint density at radius 3 is 1.39 bits per heavy atom. The second kappa shape index (κ2) is 14.6. The number of hydrogen-bond donors (Lipinski definition) is 0. The Kier molecular flexibility index (Phi) is 8.31. The topological polar surface area (TPSA) is 32.8 Å². The Morgan fingerprint density at radius 2 is 0.828 bits per heavy atom. The van der Waals surface area contributed by atoms with Gasteiger partial charge in [-0.3, -0.25) is 0 Å². The summed E-state index contributed by atoms with van der Waals surface area (Å²) in [7, 11) is 0. The molecule has 4 heteroatoms. The van der Waals surface area contributed by atoms with Crippen LogP contribution in [0.1, 0.15) is 11.5 Å². The van der Waals surface area contributed by atoms with Gasteiger partial charge in [0, 0.05) is 67.0 Å². The summed E-state index contributed by atoms with van der Waals surface area (Å²) >= 11 is 0. The van der Waals surface area contributed by atoms with Crippen molar-refractivity contribution in [2.75, 3.05) is 9.80 Å². The van der Waals surface area contributed by atoms with Crippen molar-refractivity contribution in [2.24, 2.45) is 0 Å². The summed E-state index contributed by atoms with van der Waals surface area (Å²) in [6, 6.07) is 74.1. The minimum Gasteiger partial charge on any atom is -0.455 e. The van der Waals surface area contributed by atoms with Crippen LogP contribution in [-0.2, 0) is 0 Å². The minimum absolute atomic E-state index is 0.277. The van der Waals surface area contributed by atoms with Crippen molar-refractivity contribution in [1.82, 2.24) is 0 Å². The summed E-state index contributed by atoms with van der Waals surface area (Å²) in [5.41, 5.74) is 17.4. The lowest BCUT2D eigenvalue weighted by Gasteiger charge is -2.29. The van der Waals surface area contributed by atoms with Crippen molar-refractivity contribution in [3.05, 3.63) is 236 Å². The number of anilines is 5. The zero-order valence-corrected chi connectivity index (χ0v) is 34.8. The first-order valence-corrected chi connectivity index (χ1v) is 22.0. The maximum absolute atomic E-state index is 6.44. The van der Waals surface area contributed by atoms with Crippen molar-refractivity contribution >= 4 is 72.3 Å². The van der Waals surface area contributed by atoms with Crippen LogP contribution in [0.2, 0.25) is 0 Å². The first-order valence-electron chi connectivity index (χ1n) is 22.0. The third-order valence-corrected chi connectivity index (χ3v) is 13.2.